The second-order valence-electron chi connectivity index (χ2n) is 3.44. The lowest BCUT2D eigenvalue weighted by molar-refractivity contribution is 0.828. The smallest absolute Gasteiger partial charge is 0.138 e. The van der Waals surface area contributed by atoms with Crippen LogP contribution < -0.4 is 5.73 Å². The third-order valence-electron chi connectivity index (χ3n) is 2.36. The molecule has 0 radical (unpaired) electrons. The van der Waals surface area contributed by atoms with Crippen LogP contribution in [-0.2, 0) is 6.42 Å². The molecule has 0 saturated carbocycles. The van der Waals surface area contributed by atoms with Crippen molar-refractivity contribution in [3.05, 3.63) is 42.0 Å². The molecule has 0 fully saturated rings. The molecular weight excluding hydrogens is 188 g/mol. The van der Waals surface area contributed by atoms with E-state index in [1.807, 2.05) is 16.7 Å². The lowest BCUT2D eigenvalue weighted by Gasteiger charge is -2.08. The third-order valence-corrected chi connectivity index (χ3v) is 2.36. The van der Waals surface area contributed by atoms with Crippen molar-refractivity contribution in [2.24, 2.45) is 5.73 Å². The summed E-state index contributed by atoms with van der Waals surface area (Å²) in [6, 6.07) is 8.15. The summed E-state index contributed by atoms with van der Waals surface area (Å²) >= 11 is 0. The molecule has 4 heteroatoms. The van der Waals surface area contributed by atoms with Gasteiger partial charge in [0.15, 0.2) is 0 Å². The van der Waals surface area contributed by atoms with E-state index in [1.54, 1.807) is 6.33 Å². The van der Waals surface area contributed by atoms with E-state index in [9.17, 15) is 0 Å². The fourth-order valence-corrected chi connectivity index (χ4v) is 1.59. The second kappa shape index (κ2) is 4.23. The summed E-state index contributed by atoms with van der Waals surface area (Å²) in [6.07, 6.45) is 2.47. The fraction of sp³-hybridized carbons (Fsp3) is 0.273. The number of nitrogens with two attached hydrogens (primary N) is 1. The van der Waals surface area contributed by atoms with Gasteiger partial charge in [-0.3, -0.25) is 4.57 Å². The molecule has 1 aromatic carbocycles. The van der Waals surface area contributed by atoms with E-state index in [4.69, 9.17) is 5.73 Å². The van der Waals surface area contributed by atoms with Crippen molar-refractivity contribution in [1.29, 1.82) is 0 Å². The predicted molar refractivity (Wildman–Crippen MR) is 58.9 cm³/mol. The molecular formula is C11H14N4. The second-order valence-corrected chi connectivity index (χ2v) is 3.44. The number of para-hydroxylation sites is 1. The van der Waals surface area contributed by atoms with Crippen LogP contribution in [0.4, 0.5) is 0 Å². The van der Waals surface area contributed by atoms with E-state index in [1.165, 1.54) is 5.56 Å². The summed E-state index contributed by atoms with van der Waals surface area (Å²) in [4.78, 5) is 0. The van der Waals surface area contributed by atoms with E-state index in [-0.39, 0.29) is 0 Å². The minimum Gasteiger partial charge on any atom is -0.330 e. The van der Waals surface area contributed by atoms with Gasteiger partial charge in [0, 0.05) is 6.42 Å². The molecule has 0 saturated heterocycles. The van der Waals surface area contributed by atoms with Crippen LogP contribution in [0.3, 0.4) is 0 Å². The minimum absolute atomic E-state index is 0.588. The van der Waals surface area contributed by atoms with E-state index in [0.717, 1.165) is 17.9 Å². The summed E-state index contributed by atoms with van der Waals surface area (Å²) in [5, 5.41) is 7.97. The molecule has 0 atom stereocenters. The lowest BCUT2D eigenvalue weighted by atomic mass is 10.2. The van der Waals surface area contributed by atoms with Crippen LogP contribution in [0.5, 0.6) is 0 Å². The Kier molecular flexibility index (Phi) is 2.78. The van der Waals surface area contributed by atoms with Crippen molar-refractivity contribution in [1.82, 2.24) is 14.8 Å². The molecule has 78 valence electrons. The van der Waals surface area contributed by atoms with Crippen LogP contribution in [0.2, 0.25) is 0 Å². The van der Waals surface area contributed by atoms with Crippen molar-refractivity contribution in [2.45, 2.75) is 13.3 Å². The summed E-state index contributed by atoms with van der Waals surface area (Å²) in [5.74, 6) is 0.909. The average molecular weight is 202 g/mol. The molecule has 0 aliphatic carbocycles. The first-order chi connectivity index (χ1) is 7.33. The first kappa shape index (κ1) is 9.86. The van der Waals surface area contributed by atoms with Gasteiger partial charge >= 0.3 is 0 Å². The fourth-order valence-electron chi connectivity index (χ4n) is 1.59. The topological polar surface area (TPSA) is 56.7 Å². The Morgan fingerprint density at radius 2 is 2.13 bits per heavy atom. The summed E-state index contributed by atoms with van der Waals surface area (Å²) in [5.41, 5.74) is 7.84. The van der Waals surface area contributed by atoms with Crippen molar-refractivity contribution < 1.29 is 0 Å². The van der Waals surface area contributed by atoms with Gasteiger partial charge in [0.05, 0.1) is 5.69 Å². The van der Waals surface area contributed by atoms with Gasteiger partial charge in [-0.25, -0.2) is 0 Å². The molecule has 4 nitrogen and oxygen atoms in total. The van der Waals surface area contributed by atoms with Crippen LogP contribution >= 0.6 is 0 Å². The van der Waals surface area contributed by atoms with Gasteiger partial charge in [0.2, 0.25) is 0 Å². The molecule has 0 aliphatic rings. The number of hydrogen-bond acceptors (Lipinski definition) is 3. The minimum atomic E-state index is 0.588. The Balaban J connectivity index is 2.45. The van der Waals surface area contributed by atoms with Gasteiger partial charge in [-0.2, -0.15) is 0 Å². The van der Waals surface area contributed by atoms with Crippen LogP contribution in [0.1, 0.15) is 11.4 Å². The molecule has 0 amide bonds. The van der Waals surface area contributed by atoms with E-state index in [0.29, 0.717) is 6.54 Å². The number of hydrogen-bond donors (Lipinski definition) is 1. The highest BCUT2D eigenvalue weighted by Gasteiger charge is 2.06. The highest BCUT2D eigenvalue weighted by atomic mass is 15.3. The molecule has 0 bridgehead atoms. The quantitative estimate of drug-likeness (QED) is 0.810. The number of nitrogens with zero attached hydrogens (tertiary/aromatic N) is 3. The number of aromatic nitrogens is 3. The first-order valence-corrected chi connectivity index (χ1v) is 4.98. The summed E-state index contributed by atoms with van der Waals surface area (Å²) in [7, 11) is 0. The average Bonchev–Trinajstić information content (AvgIpc) is 2.67. The van der Waals surface area contributed by atoms with E-state index >= 15 is 0 Å². The molecule has 15 heavy (non-hydrogen) atoms. The number of aryl methyl sites for hydroxylation is 1. The molecule has 2 rings (SSSR count). The Bertz CT molecular complexity index is 447. The third kappa shape index (κ3) is 1.89. The van der Waals surface area contributed by atoms with Gasteiger partial charge in [-0.1, -0.05) is 18.2 Å². The zero-order chi connectivity index (χ0) is 10.7. The highest BCUT2D eigenvalue weighted by molar-refractivity contribution is 5.40. The van der Waals surface area contributed by atoms with Crippen LogP contribution in [0.15, 0.2) is 30.6 Å². The highest BCUT2D eigenvalue weighted by Crippen LogP contribution is 2.14. The van der Waals surface area contributed by atoms with Gasteiger partial charge in [0.25, 0.3) is 0 Å². The largest absolute Gasteiger partial charge is 0.330 e. The molecule has 0 unspecified atom stereocenters. The van der Waals surface area contributed by atoms with Crippen molar-refractivity contribution >= 4 is 0 Å². The van der Waals surface area contributed by atoms with Gasteiger partial charge in [-0.05, 0) is 25.1 Å². The Morgan fingerprint density at radius 3 is 2.87 bits per heavy atom. The van der Waals surface area contributed by atoms with Crippen molar-refractivity contribution in [3.8, 4) is 5.69 Å². The monoisotopic (exact) mass is 202 g/mol. The maximum absolute atomic E-state index is 5.52. The predicted octanol–water partition coefficient (Wildman–Crippen LogP) is 1.08. The molecule has 1 heterocycles. The lowest BCUT2D eigenvalue weighted by Crippen LogP contribution is -2.09. The first-order valence-electron chi connectivity index (χ1n) is 4.98. The SMILES string of the molecule is Cc1ccccc1-n1cnnc1CCN. The maximum atomic E-state index is 5.52. The van der Waals surface area contributed by atoms with E-state index < -0.39 is 0 Å². The Labute approximate surface area is 88.8 Å². The molecule has 0 spiro atoms. The Hall–Kier alpha value is -1.68. The van der Waals surface area contributed by atoms with E-state index in [2.05, 4.69) is 29.3 Å². The molecule has 2 N–H and O–H groups in total. The van der Waals surface area contributed by atoms with Crippen LogP contribution in [0.25, 0.3) is 5.69 Å². The van der Waals surface area contributed by atoms with Gasteiger partial charge in [-0.15, -0.1) is 10.2 Å². The molecule has 0 aliphatic heterocycles. The maximum Gasteiger partial charge on any atom is 0.138 e. The van der Waals surface area contributed by atoms with Crippen molar-refractivity contribution in [3.63, 3.8) is 0 Å². The Morgan fingerprint density at radius 1 is 1.33 bits per heavy atom. The normalized spacial score (nSPS) is 10.5. The van der Waals surface area contributed by atoms with Gasteiger partial charge in [0.1, 0.15) is 12.2 Å². The summed E-state index contributed by atoms with van der Waals surface area (Å²) < 4.78 is 1.99. The molecule has 1 aromatic heterocycles. The van der Waals surface area contributed by atoms with Crippen LogP contribution in [0, 0.1) is 6.92 Å². The summed E-state index contributed by atoms with van der Waals surface area (Å²) in [6.45, 7) is 2.66. The number of rotatable bonds is 3. The zero-order valence-electron chi connectivity index (χ0n) is 8.72. The van der Waals surface area contributed by atoms with Crippen LogP contribution in [-0.4, -0.2) is 21.3 Å². The standard InChI is InChI=1S/C11H14N4/c1-9-4-2-3-5-10(9)15-8-13-14-11(15)6-7-12/h2-5,8H,6-7,12H2,1H3. The number of benzene rings is 1. The van der Waals surface area contributed by atoms with Crippen molar-refractivity contribution in [2.75, 3.05) is 6.54 Å². The zero-order valence-corrected chi connectivity index (χ0v) is 8.72. The van der Waals surface area contributed by atoms with Gasteiger partial charge < -0.3 is 5.73 Å². The molecule has 2 aromatic rings.